The third-order valence-corrected chi connectivity index (χ3v) is 19.5. The van der Waals surface area contributed by atoms with Crippen LogP contribution in [-0.2, 0) is 78.4 Å². The number of hydrogen-bond donors (Lipinski definition) is 18. The topological polar surface area (TPSA) is 530 Å². The molecule has 100 heavy (non-hydrogen) atoms. The second kappa shape index (κ2) is 37.8. The van der Waals surface area contributed by atoms with Crippen LogP contribution in [-0.4, -0.2) is 205 Å². The van der Waals surface area contributed by atoms with Crippen molar-refractivity contribution in [2.75, 3.05) is 31.9 Å². The van der Waals surface area contributed by atoms with Crippen LogP contribution in [0.2, 0.25) is 0 Å². The highest BCUT2D eigenvalue weighted by Crippen LogP contribution is 2.31. The molecule has 3 aromatic heterocycles. The molecule has 34 nitrogen and oxygen atoms in total. The summed E-state index contributed by atoms with van der Waals surface area (Å²) >= 11 is 0. The molecule has 0 radical (unpaired) electrons. The van der Waals surface area contributed by atoms with Crippen LogP contribution < -0.4 is 81.4 Å². The Labute approximate surface area is 583 Å². The number of benzene rings is 2. The smallest absolute Gasteiger partial charge is 0.322 e. The molecule has 0 aliphatic carbocycles. The van der Waals surface area contributed by atoms with Gasteiger partial charge in [0.15, 0.2) is 11.3 Å². The molecule has 11 atom stereocenters. The number of aromatic nitrogens is 5. The first-order valence-electron chi connectivity index (χ1n) is 33.1. The van der Waals surface area contributed by atoms with Gasteiger partial charge in [-0.1, -0.05) is 70.1 Å². The zero-order valence-corrected chi connectivity index (χ0v) is 56.8. The summed E-state index contributed by atoms with van der Waals surface area (Å²) in [5.41, 5.74) is 25.4. The summed E-state index contributed by atoms with van der Waals surface area (Å²) in [5, 5.41) is 28.3. The Morgan fingerprint density at radius 1 is 0.540 bits per heavy atom. The van der Waals surface area contributed by atoms with E-state index in [0.717, 1.165) is 10.8 Å². The highest BCUT2D eigenvalue weighted by atomic mass is 33.1. The number of imide groups is 1. The highest BCUT2D eigenvalue weighted by molar-refractivity contribution is 8.77. The van der Waals surface area contributed by atoms with E-state index in [2.05, 4.69) is 88.4 Å². The molecule has 0 saturated carbocycles. The van der Waals surface area contributed by atoms with E-state index < -0.39 is 143 Å². The Hall–Kier alpha value is -10.1. The van der Waals surface area contributed by atoms with Crippen LogP contribution in [0.3, 0.4) is 0 Å². The molecule has 5 aromatic rings. The number of hydrogen-bond acceptors (Lipinski definition) is 19. The predicted octanol–water partition coefficient (Wildman–Crippen LogP) is -2.87. The molecule has 0 spiro atoms. The van der Waals surface area contributed by atoms with Gasteiger partial charge in [-0.05, 0) is 101 Å². The molecule has 3 saturated heterocycles. The number of carbonyl (C=O) groups is 12. The second-order valence-corrected chi connectivity index (χ2v) is 27.0. The Morgan fingerprint density at radius 2 is 1.07 bits per heavy atom. The number of carbonyl (C=O) groups excluding carboxylic acids is 12. The SMILES string of the molecule is C[C@@H]1NC(=O)[C@@H]2CSSC(NC(=O)[C@H](CCCN=C(N)N)NC(=O)NC(=O)[C@H](CCCCN)NC(=O)[C@H](CCCCN)NC1=O)C(=O)N1CCC[C@H]1C(=O)N[C@@H](Cc1cnc[nH]1)C(=O)N[C@H](Cc1ccccc1)C(=O)N[C@@H](Cc1cnc[nH]1)C(=O)N[C@@H](Cc1c[nH]c3ccccc13)C(=O)N2. The molecule has 1 unspecified atom stereocenters. The monoisotopic (exact) mass is 1420 g/mol. The van der Waals surface area contributed by atoms with E-state index in [1.54, 1.807) is 60.8 Å². The van der Waals surface area contributed by atoms with Crippen LogP contribution in [0, 0.1) is 0 Å². The molecule has 13 amide bonds. The fourth-order valence-corrected chi connectivity index (χ4v) is 14.0. The van der Waals surface area contributed by atoms with E-state index in [4.69, 9.17) is 22.9 Å². The number of aromatic amines is 3. The molecule has 6 heterocycles. The fraction of sp³-hybridized carbons (Fsp3) is 0.484. The Bertz CT molecular complexity index is 3670. The molecule has 8 rings (SSSR count). The summed E-state index contributed by atoms with van der Waals surface area (Å²) in [6, 6.07) is -0.0722. The van der Waals surface area contributed by atoms with Crippen molar-refractivity contribution < 1.29 is 57.5 Å². The molecule has 3 fully saturated rings. The molecule has 2 aromatic carbocycles. The van der Waals surface area contributed by atoms with E-state index in [9.17, 15) is 33.6 Å². The van der Waals surface area contributed by atoms with Crippen molar-refractivity contribution >= 4 is 109 Å². The minimum atomic E-state index is -1.70. The van der Waals surface area contributed by atoms with Crippen molar-refractivity contribution in [3.63, 3.8) is 0 Å². The van der Waals surface area contributed by atoms with E-state index in [0.29, 0.717) is 69.9 Å². The highest BCUT2D eigenvalue weighted by Gasteiger charge is 2.42. The molecular formula is C64H88N22O12S2. The number of unbranched alkanes of at least 4 members (excludes halogenated alkanes) is 2. The Balaban J connectivity index is 1.25. The molecule has 2 bridgehead atoms. The largest absolute Gasteiger partial charge is 0.370 e. The van der Waals surface area contributed by atoms with Gasteiger partial charge in [-0.25, -0.2) is 14.8 Å². The number of nitrogens with one attached hydrogen (secondary N) is 14. The van der Waals surface area contributed by atoms with Crippen molar-refractivity contribution in [1.82, 2.24) is 88.3 Å². The first-order valence-corrected chi connectivity index (χ1v) is 35.5. The van der Waals surface area contributed by atoms with Crippen LogP contribution in [0.5, 0.6) is 0 Å². The summed E-state index contributed by atoms with van der Waals surface area (Å²) in [4.78, 5) is 200. The lowest BCUT2D eigenvalue weighted by atomic mass is 10.0. The molecule has 3 aliphatic heterocycles. The van der Waals surface area contributed by atoms with Crippen LogP contribution in [0.1, 0.15) is 93.6 Å². The predicted molar refractivity (Wildman–Crippen MR) is 371 cm³/mol. The zero-order chi connectivity index (χ0) is 71.7. The lowest BCUT2D eigenvalue weighted by Crippen LogP contribution is -2.61. The van der Waals surface area contributed by atoms with Gasteiger partial charge in [0, 0.05) is 85.4 Å². The minimum Gasteiger partial charge on any atom is -0.370 e. The summed E-state index contributed by atoms with van der Waals surface area (Å²) in [6.45, 7) is 1.67. The number of aliphatic imine (C=N–C) groups is 1. The summed E-state index contributed by atoms with van der Waals surface area (Å²) in [5.74, 6) is -10.6. The lowest BCUT2D eigenvalue weighted by molar-refractivity contribution is -0.140. The van der Waals surface area contributed by atoms with Crippen molar-refractivity contribution in [2.24, 2.45) is 27.9 Å². The van der Waals surface area contributed by atoms with Crippen molar-refractivity contribution in [3.05, 3.63) is 108 Å². The Kier molecular flexibility index (Phi) is 28.6. The number of nitrogens with two attached hydrogens (primary N) is 4. The lowest BCUT2D eigenvalue weighted by Gasteiger charge is -2.31. The average molecular weight is 1420 g/mol. The van der Waals surface area contributed by atoms with Crippen LogP contribution in [0.25, 0.3) is 10.9 Å². The maximum absolute atomic E-state index is 15.4. The maximum atomic E-state index is 15.4. The van der Waals surface area contributed by atoms with Crippen molar-refractivity contribution in [2.45, 2.75) is 163 Å². The second-order valence-electron chi connectivity index (χ2n) is 24.5. The number of guanidine groups is 1. The molecule has 3 aliphatic rings. The normalized spacial score (nSPS) is 24.8. The fourth-order valence-electron chi connectivity index (χ4n) is 11.6. The number of amides is 13. The molecule has 22 N–H and O–H groups in total. The van der Waals surface area contributed by atoms with Gasteiger partial charge in [-0.2, -0.15) is 0 Å². The molecule has 538 valence electrons. The van der Waals surface area contributed by atoms with E-state index in [-0.39, 0.29) is 96.3 Å². The van der Waals surface area contributed by atoms with Gasteiger partial charge < -0.3 is 96.0 Å². The minimum absolute atomic E-state index is 0.00624. The first-order chi connectivity index (χ1) is 48.2. The molecule has 36 heteroatoms. The van der Waals surface area contributed by atoms with Gasteiger partial charge in [-0.3, -0.25) is 63.0 Å². The summed E-state index contributed by atoms with van der Waals surface area (Å²) in [7, 11) is 1.49. The average Bonchev–Trinajstić information content (AvgIpc) is 1.59. The standard InChI is InChI=1S/C64H88N22O12S2/c1-35-51(87)76-42(17-7-9-21-65)52(88)77-43(18-8-10-22-66)54(90)85-64(98)83-44(19-11-23-71-63(67)68)53(89)84-61-62(97)86-24-12-20-50(86)60(96)81-48(28-39-31-70-34-74-39)58(94)78-45(25-36-13-3-2-4-14-36)55(91)80-47(27-38-30-69-33-73-38)57(93)79-46(26-37-29-72-41-16-6-5-15-40(37)41)56(92)82-49(32-99-100-61)59(95)75-35/h2-6,13-16,29-31,33-35,42-50,61,72H,7-12,17-28,32,65-66H2,1H3,(H,69,73)(H,70,74)(H,75,95)(H,76,87)(H,77,88)(H,78,94)(H,79,93)(H,80,91)(H,81,96)(H,82,92)(H,84,89)(H4,67,68,71)(H2,83,85,90,98)/t35-,42-,43-,44-,45+,46-,47-,48-,49-,50-,61?/m0/s1. The quantitative estimate of drug-likeness (QED) is 0.0161. The van der Waals surface area contributed by atoms with Gasteiger partial charge in [0.25, 0.3) is 11.8 Å². The van der Waals surface area contributed by atoms with Gasteiger partial charge >= 0.3 is 6.03 Å². The van der Waals surface area contributed by atoms with Crippen LogP contribution in [0.4, 0.5) is 4.79 Å². The van der Waals surface area contributed by atoms with Crippen LogP contribution in [0.15, 0.2) is 90.8 Å². The number of rotatable bonds is 20. The first kappa shape index (κ1) is 75.7. The van der Waals surface area contributed by atoms with Gasteiger partial charge in [-0.15, -0.1) is 0 Å². The number of imidazole rings is 2. The van der Waals surface area contributed by atoms with E-state index in [1.807, 2.05) is 0 Å². The Morgan fingerprint density at radius 3 is 1.69 bits per heavy atom. The van der Waals surface area contributed by atoms with Gasteiger partial charge in [0.05, 0.1) is 12.7 Å². The summed E-state index contributed by atoms with van der Waals surface area (Å²) < 4.78 is 0. The number of para-hydroxylation sites is 1. The number of fused-ring (bicyclic) bond motifs is 6. The van der Waals surface area contributed by atoms with Crippen LogP contribution >= 0.6 is 21.6 Å². The number of urea groups is 1. The number of H-pyrrole nitrogens is 3. The number of nitrogens with zero attached hydrogens (tertiary/aromatic N) is 4. The third kappa shape index (κ3) is 22.2. The van der Waals surface area contributed by atoms with Gasteiger partial charge in [0.1, 0.15) is 60.4 Å². The van der Waals surface area contributed by atoms with Crippen molar-refractivity contribution in [3.8, 4) is 0 Å². The maximum Gasteiger partial charge on any atom is 0.322 e. The van der Waals surface area contributed by atoms with E-state index in [1.165, 1.54) is 36.9 Å². The zero-order valence-electron chi connectivity index (χ0n) is 55.2. The van der Waals surface area contributed by atoms with E-state index >= 15 is 24.0 Å². The van der Waals surface area contributed by atoms with Crippen molar-refractivity contribution in [1.29, 1.82) is 0 Å². The third-order valence-electron chi connectivity index (χ3n) is 17.0. The summed E-state index contributed by atoms with van der Waals surface area (Å²) in [6.07, 6.45) is 7.98. The van der Waals surface area contributed by atoms with Gasteiger partial charge in [0.2, 0.25) is 53.2 Å². The molecular weight excluding hydrogens is 1330 g/mol.